The molecule has 3 aromatic carbocycles. The molecule has 5 heteroatoms. The van der Waals surface area contributed by atoms with Crippen LogP contribution in [0.4, 0.5) is 0 Å². The topological polar surface area (TPSA) is 72.2 Å². The minimum atomic E-state index is -3.77. The summed E-state index contributed by atoms with van der Waals surface area (Å²) in [5.74, 6) is 0. The third kappa shape index (κ3) is 4.33. The molecular weight excluding hydrogens is 368 g/mol. The number of hydrogen-bond acceptors (Lipinski definition) is 3. The van der Waals surface area contributed by atoms with Crippen molar-refractivity contribution in [2.24, 2.45) is 5.73 Å². The molecule has 2 atom stereocenters. The summed E-state index contributed by atoms with van der Waals surface area (Å²) in [5.41, 5.74) is 10.7. The summed E-state index contributed by atoms with van der Waals surface area (Å²) in [5, 5.41) is 0. The van der Waals surface area contributed by atoms with Gasteiger partial charge >= 0.3 is 0 Å². The van der Waals surface area contributed by atoms with Crippen LogP contribution in [-0.4, -0.2) is 8.42 Å². The zero-order valence-corrected chi connectivity index (χ0v) is 17.2. The average molecular weight is 395 g/mol. The molecule has 146 valence electrons. The smallest absolute Gasteiger partial charge is 0.241 e. The van der Waals surface area contributed by atoms with Crippen molar-refractivity contribution in [2.45, 2.75) is 37.8 Å². The summed E-state index contributed by atoms with van der Waals surface area (Å²) >= 11 is 0. The maximum Gasteiger partial charge on any atom is 0.241 e. The first-order valence-corrected chi connectivity index (χ1v) is 10.7. The minimum Gasteiger partial charge on any atom is -0.322 e. The van der Waals surface area contributed by atoms with Crippen molar-refractivity contribution in [2.75, 3.05) is 0 Å². The largest absolute Gasteiger partial charge is 0.322 e. The fourth-order valence-corrected chi connectivity index (χ4v) is 5.39. The molecule has 3 N–H and O–H groups in total. The first kappa shape index (κ1) is 20.3. The number of rotatable bonds is 6. The van der Waals surface area contributed by atoms with Crippen molar-refractivity contribution in [3.05, 3.63) is 101 Å². The van der Waals surface area contributed by atoms with Crippen LogP contribution in [0, 0.1) is 20.8 Å². The summed E-state index contributed by atoms with van der Waals surface area (Å²) in [6.07, 6.45) is 0. The Morgan fingerprint density at radius 2 is 1.25 bits per heavy atom. The summed E-state index contributed by atoms with van der Waals surface area (Å²) in [4.78, 5) is 0.319. The minimum absolute atomic E-state index is 0.319. The SMILES string of the molecule is Cc1cc(C)c(S(=O)(=O)NC(c2ccccc2)C(N)c2ccccc2)c(C)c1. The van der Waals surface area contributed by atoms with E-state index in [9.17, 15) is 8.42 Å². The normalized spacial score (nSPS) is 13.9. The zero-order valence-electron chi connectivity index (χ0n) is 16.4. The van der Waals surface area contributed by atoms with Crippen LogP contribution in [0.3, 0.4) is 0 Å². The van der Waals surface area contributed by atoms with E-state index in [0.717, 1.165) is 27.8 Å². The Kier molecular flexibility index (Phi) is 5.98. The molecule has 0 radical (unpaired) electrons. The lowest BCUT2D eigenvalue weighted by molar-refractivity contribution is 0.503. The molecule has 0 bridgehead atoms. The van der Waals surface area contributed by atoms with Gasteiger partial charge in [0.2, 0.25) is 10.0 Å². The second-order valence-electron chi connectivity index (χ2n) is 7.17. The van der Waals surface area contributed by atoms with Crippen LogP contribution in [0.25, 0.3) is 0 Å². The highest BCUT2D eigenvalue weighted by Gasteiger charge is 2.29. The monoisotopic (exact) mass is 394 g/mol. The third-order valence-corrected chi connectivity index (χ3v) is 6.60. The van der Waals surface area contributed by atoms with Gasteiger partial charge in [-0.2, -0.15) is 0 Å². The quantitative estimate of drug-likeness (QED) is 0.653. The molecule has 2 unspecified atom stereocenters. The van der Waals surface area contributed by atoms with Gasteiger partial charge in [0.15, 0.2) is 0 Å². The van der Waals surface area contributed by atoms with Crippen molar-refractivity contribution < 1.29 is 8.42 Å². The number of nitrogens with two attached hydrogens (primary N) is 1. The van der Waals surface area contributed by atoms with Gasteiger partial charge < -0.3 is 5.73 Å². The van der Waals surface area contributed by atoms with Crippen LogP contribution in [-0.2, 0) is 10.0 Å². The van der Waals surface area contributed by atoms with E-state index in [1.807, 2.05) is 93.6 Å². The van der Waals surface area contributed by atoms with Crippen LogP contribution in [0.15, 0.2) is 77.7 Å². The maximum atomic E-state index is 13.3. The summed E-state index contributed by atoms with van der Waals surface area (Å²) in [6, 6.07) is 21.7. The fraction of sp³-hybridized carbons (Fsp3) is 0.217. The molecule has 0 amide bonds. The van der Waals surface area contributed by atoms with Crippen molar-refractivity contribution >= 4 is 10.0 Å². The van der Waals surface area contributed by atoms with Gasteiger partial charge in [-0.15, -0.1) is 0 Å². The molecule has 0 aliphatic rings. The summed E-state index contributed by atoms with van der Waals surface area (Å²) < 4.78 is 29.5. The Morgan fingerprint density at radius 1 is 0.786 bits per heavy atom. The zero-order chi connectivity index (χ0) is 20.3. The van der Waals surface area contributed by atoms with Gasteiger partial charge in [0.05, 0.1) is 17.0 Å². The van der Waals surface area contributed by atoms with Crippen molar-refractivity contribution in [3.63, 3.8) is 0 Å². The van der Waals surface area contributed by atoms with Gasteiger partial charge in [-0.3, -0.25) is 0 Å². The molecule has 4 nitrogen and oxygen atoms in total. The predicted molar refractivity (Wildman–Crippen MR) is 114 cm³/mol. The van der Waals surface area contributed by atoms with Crippen molar-refractivity contribution in [1.82, 2.24) is 4.72 Å². The molecule has 3 aromatic rings. The number of sulfonamides is 1. The lowest BCUT2D eigenvalue weighted by atomic mass is 9.95. The fourth-order valence-electron chi connectivity index (χ4n) is 3.69. The number of benzene rings is 3. The van der Waals surface area contributed by atoms with E-state index in [0.29, 0.717) is 4.90 Å². The van der Waals surface area contributed by atoms with Crippen LogP contribution >= 0.6 is 0 Å². The Balaban J connectivity index is 2.05. The van der Waals surface area contributed by atoms with Crippen LogP contribution in [0.5, 0.6) is 0 Å². The molecule has 0 fully saturated rings. The first-order chi connectivity index (χ1) is 13.3. The van der Waals surface area contributed by atoms with Crippen molar-refractivity contribution in [1.29, 1.82) is 0 Å². The Bertz CT molecular complexity index is 1030. The van der Waals surface area contributed by atoms with E-state index in [1.165, 1.54) is 0 Å². The van der Waals surface area contributed by atoms with Gasteiger partial charge in [0.25, 0.3) is 0 Å². The molecule has 3 rings (SSSR count). The van der Waals surface area contributed by atoms with E-state index in [1.54, 1.807) is 0 Å². The molecule has 0 saturated carbocycles. The Hall–Kier alpha value is -2.47. The van der Waals surface area contributed by atoms with Gasteiger partial charge in [0, 0.05) is 0 Å². The highest BCUT2D eigenvalue weighted by Crippen LogP contribution is 2.30. The highest BCUT2D eigenvalue weighted by atomic mass is 32.2. The summed E-state index contributed by atoms with van der Waals surface area (Å²) in [7, 11) is -3.77. The average Bonchev–Trinajstić information content (AvgIpc) is 2.66. The molecule has 28 heavy (non-hydrogen) atoms. The third-order valence-electron chi connectivity index (χ3n) is 4.86. The number of hydrogen-bond donors (Lipinski definition) is 2. The van der Waals surface area contributed by atoms with E-state index < -0.39 is 22.1 Å². The second kappa shape index (κ2) is 8.27. The number of nitrogens with one attached hydrogen (secondary N) is 1. The maximum absolute atomic E-state index is 13.3. The Labute approximate surface area is 167 Å². The van der Waals surface area contributed by atoms with Crippen molar-refractivity contribution in [3.8, 4) is 0 Å². The molecule has 0 aliphatic carbocycles. The van der Waals surface area contributed by atoms with Gasteiger partial charge in [-0.25, -0.2) is 13.1 Å². The molecule has 0 aliphatic heterocycles. The molecular formula is C23H26N2O2S. The van der Waals surface area contributed by atoms with E-state index in [-0.39, 0.29) is 0 Å². The predicted octanol–water partition coefficient (Wildman–Crippen LogP) is 4.33. The lowest BCUT2D eigenvalue weighted by Gasteiger charge is -2.26. The van der Waals surface area contributed by atoms with E-state index in [4.69, 9.17) is 5.73 Å². The van der Waals surface area contributed by atoms with Crippen LogP contribution < -0.4 is 10.5 Å². The van der Waals surface area contributed by atoms with Crippen LogP contribution in [0.1, 0.15) is 39.9 Å². The van der Waals surface area contributed by atoms with E-state index >= 15 is 0 Å². The molecule has 0 spiro atoms. The standard InChI is InChI=1S/C23H26N2O2S/c1-16-14-17(2)23(18(3)15-16)28(26,27)25-22(20-12-8-5-9-13-20)21(24)19-10-6-4-7-11-19/h4-15,21-22,25H,24H2,1-3H3. The number of aryl methyl sites for hydroxylation is 3. The second-order valence-corrected chi connectivity index (χ2v) is 8.82. The van der Waals surface area contributed by atoms with Gasteiger partial charge in [0.1, 0.15) is 0 Å². The van der Waals surface area contributed by atoms with Gasteiger partial charge in [-0.05, 0) is 43.0 Å². The van der Waals surface area contributed by atoms with Crippen LogP contribution in [0.2, 0.25) is 0 Å². The van der Waals surface area contributed by atoms with Gasteiger partial charge in [-0.1, -0.05) is 78.4 Å². The molecule has 0 aromatic heterocycles. The molecule has 0 saturated heterocycles. The Morgan fingerprint density at radius 3 is 1.75 bits per heavy atom. The first-order valence-electron chi connectivity index (χ1n) is 9.25. The highest BCUT2D eigenvalue weighted by molar-refractivity contribution is 7.89. The lowest BCUT2D eigenvalue weighted by Crippen LogP contribution is -2.36. The molecule has 0 heterocycles. The summed E-state index contributed by atoms with van der Waals surface area (Å²) in [6.45, 7) is 5.61. The van der Waals surface area contributed by atoms with E-state index in [2.05, 4.69) is 4.72 Å².